The van der Waals surface area contributed by atoms with Crippen LogP contribution in [0.1, 0.15) is 44.4 Å². The molecule has 0 saturated heterocycles. The fourth-order valence-electron chi connectivity index (χ4n) is 3.39. The lowest BCUT2D eigenvalue weighted by atomic mass is 9.90. The van der Waals surface area contributed by atoms with Crippen molar-refractivity contribution in [1.29, 1.82) is 0 Å². The minimum absolute atomic E-state index is 0. The van der Waals surface area contributed by atoms with E-state index in [2.05, 4.69) is 54.6 Å². The molecule has 0 amide bonds. The number of halogens is 1. The molecule has 2 heterocycles. The lowest BCUT2D eigenvalue weighted by molar-refractivity contribution is 0.0694. The number of para-hydroxylation sites is 1. The van der Waals surface area contributed by atoms with E-state index in [0.717, 1.165) is 36.1 Å². The Morgan fingerprint density at radius 3 is 2.76 bits per heavy atom. The van der Waals surface area contributed by atoms with Gasteiger partial charge in [0, 0.05) is 38.8 Å². The Bertz CT molecular complexity index is 837. The normalized spacial score (nSPS) is 17.4. The Kier molecular flexibility index (Phi) is 8.13. The molecule has 0 radical (unpaired) electrons. The van der Waals surface area contributed by atoms with Crippen molar-refractivity contribution in [2.75, 3.05) is 25.5 Å². The van der Waals surface area contributed by atoms with Crippen molar-refractivity contribution in [2.45, 2.75) is 45.4 Å². The van der Waals surface area contributed by atoms with Crippen LogP contribution in [-0.2, 0) is 6.54 Å². The Balaban J connectivity index is 0.00000300. The van der Waals surface area contributed by atoms with Crippen LogP contribution in [0.2, 0.25) is 0 Å². The van der Waals surface area contributed by atoms with Crippen LogP contribution < -0.4 is 20.3 Å². The highest BCUT2D eigenvalue weighted by Crippen LogP contribution is 2.39. The molecule has 7 heteroatoms. The van der Waals surface area contributed by atoms with Crippen LogP contribution >= 0.6 is 24.0 Å². The summed E-state index contributed by atoms with van der Waals surface area (Å²) in [7, 11) is 3.98. The summed E-state index contributed by atoms with van der Waals surface area (Å²) < 4.78 is 6.14. The second-order valence-electron chi connectivity index (χ2n) is 7.91. The number of anilines is 1. The summed E-state index contributed by atoms with van der Waals surface area (Å²) in [6, 6.07) is 12.5. The lowest BCUT2D eigenvalue weighted by Crippen LogP contribution is -2.45. The number of ether oxygens (including phenoxy) is 1. The Labute approximate surface area is 191 Å². The number of aromatic nitrogens is 1. The fourth-order valence-corrected chi connectivity index (χ4v) is 3.39. The third-order valence-corrected chi connectivity index (χ3v) is 4.72. The van der Waals surface area contributed by atoms with E-state index in [0.29, 0.717) is 6.54 Å². The highest BCUT2D eigenvalue weighted by atomic mass is 127. The first-order chi connectivity index (χ1) is 13.4. The molecule has 2 N–H and O–H groups in total. The maximum absolute atomic E-state index is 6.14. The second-order valence-corrected chi connectivity index (χ2v) is 7.91. The summed E-state index contributed by atoms with van der Waals surface area (Å²) in [4.78, 5) is 11.2. The topological polar surface area (TPSA) is 61.8 Å². The molecular formula is C22H32IN5O. The predicted octanol–water partition coefficient (Wildman–Crippen LogP) is 4.12. The minimum atomic E-state index is -0.227. The monoisotopic (exact) mass is 509 g/mol. The maximum atomic E-state index is 6.14. The quantitative estimate of drug-likeness (QED) is 0.361. The molecule has 1 aromatic heterocycles. The average Bonchev–Trinajstić information content (AvgIpc) is 2.65. The molecule has 0 spiro atoms. The highest BCUT2D eigenvalue weighted by molar-refractivity contribution is 14.0. The van der Waals surface area contributed by atoms with Crippen molar-refractivity contribution < 1.29 is 4.74 Å². The molecule has 0 aliphatic carbocycles. The summed E-state index contributed by atoms with van der Waals surface area (Å²) in [5.41, 5.74) is 2.07. The van der Waals surface area contributed by atoms with E-state index in [1.165, 1.54) is 5.56 Å². The van der Waals surface area contributed by atoms with Crippen molar-refractivity contribution in [3.8, 4) is 5.75 Å². The molecule has 3 rings (SSSR count). The molecule has 2 aromatic rings. The number of pyridine rings is 1. The zero-order valence-corrected chi connectivity index (χ0v) is 20.2. The number of fused-ring (bicyclic) bond motifs is 1. The van der Waals surface area contributed by atoms with Gasteiger partial charge in [0.1, 0.15) is 17.2 Å². The molecule has 1 unspecified atom stereocenters. The van der Waals surface area contributed by atoms with Crippen molar-refractivity contribution in [3.05, 3.63) is 53.7 Å². The van der Waals surface area contributed by atoms with Gasteiger partial charge in [-0.2, -0.15) is 0 Å². The van der Waals surface area contributed by atoms with Crippen LogP contribution in [0, 0.1) is 0 Å². The molecule has 1 aliphatic rings. The van der Waals surface area contributed by atoms with Crippen molar-refractivity contribution in [1.82, 2.24) is 15.6 Å². The van der Waals surface area contributed by atoms with Crippen LogP contribution in [0.3, 0.4) is 0 Å². The molecule has 158 valence electrons. The Hall–Kier alpha value is -2.03. The van der Waals surface area contributed by atoms with Crippen LogP contribution in [-0.4, -0.2) is 37.2 Å². The molecule has 1 aliphatic heterocycles. The van der Waals surface area contributed by atoms with Gasteiger partial charge in [-0.25, -0.2) is 9.98 Å². The summed E-state index contributed by atoms with van der Waals surface area (Å²) in [6.45, 7) is 7.73. The van der Waals surface area contributed by atoms with Gasteiger partial charge in [-0.1, -0.05) is 18.2 Å². The number of nitrogens with zero attached hydrogens (tertiary/aromatic N) is 3. The molecule has 29 heavy (non-hydrogen) atoms. The Morgan fingerprint density at radius 1 is 1.28 bits per heavy atom. The van der Waals surface area contributed by atoms with Crippen molar-refractivity contribution in [2.24, 2.45) is 4.99 Å². The van der Waals surface area contributed by atoms with Gasteiger partial charge in [0.05, 0.1) is 12.6 Å². The zero-order chi connectivity index (χ0) is 20.1. The number of hydrogen-bond acceptors (Lipinski definition) is 4. The van der Waals surface area contributed by atoms with Gasteiger partial charge in [0.15, 0.2) is 5.96 Å². The smallest absolute Gasteiger partial charge is 0.192 e. The third kappa shape index (κ3) is 6.22. The van der Waals surface area contributed by atoms with Gasteiger partial charge < -0.3 is 20.3 Å². The van der Waals surface area contributed by atoms with E-state index >= 15 is 0 Å². The van der Waals surface area contributed by atoms with Crippen LogP contribution in [0.4, 0.5) is 5.82 Å². The van der Waals surface area contributed by atoms with Crippen LogP contribution in [0.15, 0.2) is 47.6 Å². The predicted molar refractivity (Wildman–Crippen MR) is 130 cm³/mol. The summed E-state index contributed by atoms with van der Waals surface area (Å²) in [5.74, 6) is 2.69. The number of nitrogens with one attached hydrogen (secondary N) is 2. The highest BCUT2D eigenvalue weighted by Gasteiger charge is 2.33. The molecule has 0 bridgehead atoms. The molecule has 0 saturated carbocycles. The van der Waals surface area contributed by atoms with E-state index in [9.17, 15) is 0 Å². The van der Waals surface area contributed by atoms with E-state index < -0.39 is 0 Å². The van der Waals surface area contributed by atoms with E-state index in [1.54, 1.807) is 0 Å². The maximum Gasteiger partial charge on any atom is 0.192 e. The zero-order valence-electron chi connectivity index (χ0n) is 17.9. The number of aliphatic imine (C=N–C) groups is 1. The van der Waals surface area contributed by atoms with E-state index in [1.807, 2.05) is 43.4 Å². The first kappa shape index (κ1) is 23.3. The molecule has 1 aromatic carbocycles. The molecule has 1 atom stereocenters. The lowest BCUT2D eigenvalue weighted by Gasteiger charge is -2.38. The number of guanidine groups is 1. The van der Waals surface area contributed by atoms with Gasteiger partial charge in [-0.15, -0.1) is 24.0 Å². The van der Waals surface area contributed by atoms with E-state index in [4.69, 9.17) is 9.73 Å². The Morgan fingerprint density at radius 2 is 2.03 bits per heavy atom. The van der Waals surface area contributed by atoms with Gasteiger partial charge in [0.25, 0.3) is 0 Å². The molecule has 0 fully saturated rings. The minimum Gasteiger partial charge on any atom is -0.487 e. The average molecular weight is 509 g/mol. The van der Waals surface area contributed by atoms with Gasteiger partial charge >= 0.3 is 0 Å². The first-order valence-corrected chi connectivity index (χ1v) is 9.83. The number of rotatable bonds is 5. The summed E-state index contributed by atoms with van der Waals surface area (Å²) >= 11 is 0. The summed E-state index contributed by atoms with van der Waals surface area (Å²) in [6.07, 6.45) is 2.70. The third-order valence-electron chi connectivity index (χ3n) is 4.72. The first-order valence-electron chi connectivity index (χ1n) is 9.83. The largest absolute Gasteiger partial charge is 0.487 e. The fraction of sp³-hybridized carbons (Fsp3) is 0.455. The van der Waals surface area contributed by atoms with Crippen LogP contribution in [0.5, 0.6) is 5.75 Å². The van der Waals surface area contributed by atoms with E-state index in [-0.39, 0.29) is 35.6 Å². The second kappa shape index (κ2) is 10.1. The van der Waals surface area contributed by atoms with Crippen LogP contribution in [0.25, 0.3) is 0 Å². The van der Waals surface area contributed by atoms with Gasteiger partial charge in [-0.3, -0.25) is 0 Å². The number of benzene rings is 1. The summed E-state index contributed by atoms with van der Waals surface area (Å²) in [5, 5.41) is 6.98. The molecular weight excluding hydrogens is 477 g/mol. The van der Waals surface area contributed by atoms with Gasteiger partial charge in [0.2, 0.25) is 0 Å². The van der Waals surface area contributed by atoms with Gasteiger partial charge in [-0.05, 0) is 44.5 Å². The molecule has 6 nitrogen and oxygen atoms in total. The van der Waals surface area contributed by atoms with Crippen molar-refractivity contribution >= 4 is 35.8 Å². The standard InChI is InChI=1S/C22H31N5O.HI/c1-6-23-21(25-15-16-11-12-24-20(13-16)27(4)5)26-18-14-22(2,3)28-19-10-8-7-9-17(18)19;/h7-13,18H,6,14-15H2,1-5H3,(H2,23,25,26);1H. The van der Waals surface area contributed by atoms with Crippen molar-refractivity contribution in [3.63, 3.8) is 0 Å². The number of hydrogen-bond donors (Lipinski definition) is 2. The SMILES string of the molecule is CCNC(=NCc1ccnc(N(C)C)c1)NC1CC(C)(C)Oc2ccccc21.I.